The maximum atomic E-state index is 12.4. The van der Waals surface area contributed by atoms with Crippen molar-refractivity contribution in [2.45, 2.75) is 38.5 Å². The van der Waals surface area contributed by atoms with E-state index in [9.17, 15) is 18.4 Å². The molecule has 0 aliphatic heterocycles. The fraction of sp³-hybridized carbons (Fsp3) is 0.375. The minimum absolute atomic E-state index is 0.0724. The topological polar surface area (TPSA) is 64.6 Å². The third kappa shape index (κ3) is 5.92. The van der Waals surface area contributed by atoms with Gasteiger partial charge in [0.2, 0.25) is 0 Å². The Balaban J connectivity index is 1.97. The lowest BCUT2D eigenvalue weighted by atomic mass is 10.2. The molecule has 1 amide bonds. The van der Waals surface area contributed by atoms with E-state index in [4.69, 9.17) is 4.74 Å². The molecule has 1 aliphatic carbocycles. The van der Waals surface area contributed by atoms with Gasteiger partial charge < -0.3 is 14.8 Å². The first kappa shape index (κ1) is 18.4. The minimum atomic E-state index is -2.98. The molecule has 2 rings (SSSR count). The zero-order chi connectivity index (χ0) is 17.7. The highest BCUT2D eigenvalue weighted by molar-refractivity contribution is 9.10. The third-order valence-corrected chi connectivity index (χ3v) is 3.67. The number of nitrogens with one attached hydrogen (secondary N) is 1. The van der Waals surface area contributed by atoms with Crippen LogP contribution in [0.1, 0.15) is 25.3 Å². The second-order valence-electron chi connectivity index (χ2n) is 5.26. The lowest BCUT2D eigenvalue weighted by molar-refractivity contribution is -0.150. The number of halogens is 3. The highest BCUT2D eigenvalue weighted by Gasteiger charge is 2.26. The summed E-state index contributed by atoms with van der Waals surface area (Å²) in [7, 11) is 0. The van der Waals surface area contributed by atoms with Crippen LogP contribution in [0.2, 0.25) is 0 Å². The standard InChI is InChI=1S/C16H16BrF2NO4/c1-9(15(22)20-12-4-5-12)23-14(21)7-2-10-8-11(17)3-6-13(10)24-16(18)19/h2-3,6-9,12,16H,4-5H2,1H3,(H,20,22)/b7-2+/t9-/m1/s1. The van der Waals surface area contributed by atoms with Crippen LogP contribution < -0.4 is 10.1 Å². The van der Waals surface area contributed by atoms with Crippen molar-refractivity contribution in [2.75, 3.05) is 0 Å². The Labute approximate surface area is 146 Å². The minimum Gasteiger partial charge on any atom is -0.449 e. The summed E-state index contributed by atoms with van der Waals surface area (Å²) in [4.78, 5) is 23.5. The first-order valence-corrected chi connectivity index (χ1v) is 8.08. The van der Waals surface area contributed by atoms with Gasteiger partial charge >= 0.3 is 12.6 Å². The molecular weight excluding hydrogens is 388 g/mol. The number of hydrogen-bond acceptors (Lipinski definition) is 4. The number of esters is 1. The van der Waals surface area contributed by atoms with Crippen molar-refractivity contribution in [1.82, 2.24) is 5.32 Å². The largest absolute Gasteiger partial charge is 0.449 e. The first-order valence-electron chi connectivity index (χ1n) is 7.28. The Morgan fingerprint density at radius 2 is 2.08 bits per heavy atom. The molecule has 1 aromatic carbocycles. The van der Waals surface area contributed by atoms with Gasteiger partial charge in [-0.15, -0.1) is 0 Å². The quantitative estimate of drug-likeness (QED) is 0.560. The van der Waals surface area contributed by atoms with Crippen LogP contribution in [-0.2, 0) is 14.3 Å². The summed E-state index contributed by atoms with van der Waals surface area (Å²) in [6.45, 7) is -1.51. The zero-order valence-electron chi connectivity index (χ0n) is 12.8. The van der Waals surface area contributed by atoms with Crippen molar-refractivity contribution in [3.05, 3.63) is 34.3 Å². The van der Waals surface area contributed by atoms with Gasteiger partial charge in [0, 0.05) is 22.2 Å². The number of carbonyl (C=O) groups excluding carboxylic acids is 2. The normalized spacial score (nSPS) is 15.4. The zero-order valence-corrected chi connectivity index (χ0v) is 14.4. The van der Waals surface area contributed by atoms with Gasteiger partial charge in [0.15, 0.2) is 6.10 Å². The molecule has 24 heavy (non-hydrogen) atoms. The van der Waals surface area contributed by atoms with Gasteiger partial charge in [-0.2, -0.15) is 8.78 Å². The lowest BCUT2D eigenvalue weighted by Crippen LogP contribution is -2.36. The van der Waals surface area contributed by atoms with Gasteiger partial charge in [0.1, 0.15) is 5.75 Å². The van der Waals surface area contributed by atoms with Gasteiger partial charge in [-0.05, 0) is 44.0 Å². The van der Waals surface area contributed by atoms with E-state index in [1.165, 1.54) is 31.2 Å². The molecule has 0 radical (unpaired) electrons. The summed E-state index contributed by atoms with van der Waals surface area (Å²) in [6, 6.07) is 4.58. The monoisotopic (exact) mass is 403 g/mol. The van der Waals surface area contributed by atoms with E-state index in [0.29, 0.717) is 4.47 Å². The van der Waals surface area contributed by atoms with E-state index in [1.807, 2.05) is 0 Å². The fourth-order valence-corrected chi connectivity index (χ4v) is 2.20. The van der Waals surface area contributed by atoms with E-state index in [2.05, 4.69) is 26.0 Å². The maximum absolute atomic E-state index is 12.4. The molecule has 8 heteroatoms. The fourth-order valence-electron chi connectivity index (χ4n) is 1.82. The Hall–Kier alpha value is -1.96. The number of ether oxygens (including phenoxy) is 2. The second-order valence-corrected chi connectivity index (χ2v) is 6.17. The molecule has 1 aliphatic rings. The summed E-state index contributed by atoms with van der Waals surface area (Å²) in [5.41, 5.74) is 0.275. The molecule has 1 aromatic rings. The SMILES string of the molecule is C[C@@H](OC(=O)/C=C/c1cc(Br)ccc1OC(F)F)C(=O)NC1CC1. The summed E-state index contributed by atoms with van der Waals surface area (Å²) >= 11 is 3.21. The molecular formula is C16H16BrF2NO4. The van der Waals surface area contributed by atoms with E-state index in [-0.39, 0.29) is 23.3 Å². The smallest absolute Gasteiger partial charge is 0.387 e. The number of alkyl halides is 2. The predicted octanol–water partition coefficient (Wildman–Crippen LogP) is 3.27. The van der Waals surface area contributed by atoms with E-state index in [1.54, 1.807) is 0 Å². The van der Waals surface area contributed by atoms with E-state index in [0.717, 1.165) is 18.9 Å². The van der Waals surface area contributed by atoms with Crippen molar-refractivity contribution < 1.29 is 27.8 Å². The molecule has 0 bridgehead atoms. The molecule has 1 N–H and O–H groups in total. The van der Waals surface area contributed by atoms with Crippen LogP contribution >= 0.6 is 15.9 Å². The summed E-state index contributed by atoms with van der Waals surface area (Å²) in [6.07, 6.45) is 3.28. The van der Waals surface area contributed by atoms with E-state index >= 15 is 0 Å². The van der Waals surface area contributed by atoms with Crippen molar-refractivity contribution >= 4 is 33.9 Å². The van der Waals surface area contributed by atoms with Crippen molar-refractivity contribution in [2.24, 2.45) is 0 Å². The number of hydrogen-bond donors (Lipinski definition) is 1. The highest BCUT2D eigenvalue weighted by Crippen LogP contribution is 2.26. The Kier molecular flexibility index (Phi) is 6.30. The van der Waals surface area contributed by atoms with Crippen LogP contribution in [-0.4, -0.2) is 30.6 Å². The summed E-state index contributed by atoms with van der Waals surface area (Å²) in [5.74, 6) is -1.18. The van der Waals surface area contributed by atoms with Gasteiger partial charge in [0.25, 0.3) is 5.91 Å². The molecule has 5 nitrogen and oxygen atoms in total. The van der Waals surface area contributed by atoms with Crippen LogP contribution in [0.15, 0.2) is 28.7 Å². The molecule has 0 heterocycles. The van der Waals surface area contributed by atoms with Crippen LogP contribution in [0.4, 0.5) is 8.78 Å². The molecule has 0 saturated heterocycles. The van der Waals surface area contributed by atoms with Gasteiger partial charge in [0.05, 0.1) is 0 Å². The second kappa shape index (κ2) is 8.23. The Morgan fingerprint density at radius 1 is 1.38 bits per heavy atom. The molecule has 0 unspecified atom stereocenters. The van der Waals surface area contributed by atoms with Gasteiger partial charge in [-0.1, -0.05) is 15.9 Å². The number of benzene rings is 1. The molecule has 0 aromatic heterocycles. The molecule has 0 spiro atoms. The van der Waals surface area contributed by atoms with Crippen LogP contribution in [0.5, 0.6) is 5.75 Å². The lowest BCUT2D eigenvalue weighted by Gasteiger charge is -2.12. The Bertz CT molecular complexity index is 647. The molecule has 1 saturated carbocycles. The summed E-state index contributed by atoms with van der Waals surface area (Å²) < 4.78 is 34.7. The number of rotatable bonds is 7. The number of amides is 1. The maximum Gasteiger partial charge on any atom is 0.387 e. The van der Waals surface area contributed by atoms with Gasteiger partial charge in [-0.3, -0.25) is 4.79 Å². The van der Waals surface area contributed by atoms with Gasteiger partial charge in [-0.25, -0.2) is 4.79 Å². The molecule has 1 atom stereocenters. The number of carbonyl (C=O) groups is 2. The first-order chi connectivity index (χ1) is 11.3. The predicted molar refractivity (Wildman–Crippen MR) is 86.5 cm³/mol. The van der Waals surface area contributed by atoms with Crippen molar-refractivity contribution in [1.29, 1.82) is 0 Å². The van der Waals surface area contributed by atoms with Crippen LogP contribution in [0.3, 0.4) is 0 Å². The van der Waals surface area contributed by atoms with Crippen molar-refractivity contribution in [3.63, 3.8) is 0 Å². The third-order valence-electron chi connectivity index (χ3n) is 3.17. The van der Waals surface area contributed by atoms with Crippen molar-refractivity contribution in [3.8, 4) is 5.75 Å². The Morgan fingerprint density at radius 3 is 2.71 bits per heavy atom. The average molecular weight is 404 g/mol. The molecule has 130 valence electrons. The van der Waals surface area contributed by atoms with E-state index < -0.39 is 18.7 Å². The summed E-state index contributed by atoms with van der Waals surface area (Å²) in [5, 5.41) is 2.72. The van der Waals surface area contributed by atoms with Crippen LogP contribution in [0.25, 0.3) is 6.08 Å². The highest BCUT2D eigenvalue weighted by atomic mass is 79.9. The van der Waals surface area contributed by atoms with Crippen LogP contribution in [0, 0.1) is 0 Å². The molecule has 1 fully saturated rings. The average Bonchev–Trinajstić information content (AvgIpc) is 3.30.